The molecule has 1 saturated heterocycles. The average molecular weight is 385 g/mol. The van der Waals surface area contributed by atoms with E-state index in [2.05, 4.69) is 10.1 Å². The van der Waals surface area contributed by atoms with Gasteiger partial charge in [-0.1, -0.05) is 12.1 Å². The standard InChI is InChI=1S/C18H22F3N3O3/c1-23-11-16(22-12-23)17(25)24(14-5-7-26-8-6-14)10-13-3-2-4-15(9-13)27-18(19,20)21/h2-4,9,11,14,22H,5-8,10,12H2,1H3. The fourth-order valence-corrected chi connectivity index (χ4v) is 3.21. The summed E-state index contributed by atoms with van der Waals surface area (Å²) in [5.74, 6) is -0.467. The van der Waals surface area contributed by atoms with Gasteiger partial charge in [0.1, 0.15) is 11.4 Å². The van der Waals surface area contributed by atoms with Gasteiger partial charge in [0.2, 0.25) is 0 Å². The first kappa shape index (κ1) is 19.3. The molecule has 27 heavy (non-hydrogen) atoms. The average Bonchev–Trinajstić information content (AvgIpc) is 3.05. The summed E-state index contributed by atoms with van der Waals surface area (Å²) in [7, 11) is 1.85. The number of nitrogens with one attached hydrogen (secondary N) is 1. The van der Waals surface area contributed by atoms with Gasteiger partial charge in [0, 0.05) is 39.0 Å². The number of nitrogens with zero attached hydrogens (tertiary/aromatic N) is 2. The Kier molecular flexibility index (Phi) is 5.79. The molecule has 1 fully saturated rings. The number of benzene rings is 1. The van der Waals surface area contributed by atoms with E-state index in [1.54, 1.807) is 17.2 Å². The summed E-state index contributed by atoms with van der Waals surface area (Å²) >= 11 is 0. The third-order valence-corrected chi connectivity index (χ3v) is 4.48. The fraction of sp³-hybridized carbons (Fsp3) is 0.500. The number of carbonyl (C=O) groups is 1. The molecule has 1 amide bonds. The molecule has 0 atom stereocenters. The Hall–Kier alpha value is -2.42. The van der Waals surface area contributed by atoms with Crippen LogP contribution in [0, 0.1) is 0 Å². The van der Waals surface area contributed by atoms with Gasteiger partial charge in [-0.25, -0.2) is 0 Å². The van der Waals surface area contributed by atoms with Crippen LogP contribution in [0.3, 0.4) is 0 Å². The molecule has 2 aliphatic heterocycles. The van der Waals surface area contributed by atoms with Gasteiger partial charge < -0.3 is 24.6 Å². The summed E-state index contributed by atoms with van der Waals surface area (Å²) < 4.78 is 46.8. The highest BCUT2D eigenvalue weighted by atomic mass is 19.4. The van der Waals surface area contributed by atoms with Crippen molar-refractivity contribution in [3.05, 3.63) is 41.7 Å². The number of rotatable bonds is 5. The van der Waals surface area contributed by atoms with Crippen LogP contribution in [-0.2, 0) is 16.1 Å². The summed E-state index contributed by atoms with van der Waals surface area (Å²) in [5, 5.41) is 3.05. The van der Waals surface area contributed by atoms with Crippen molar-refractivity contribution in [2.45, 2.75) is 31.8 Å². The van der Waals surface area contributed by atoms with Crippen LogP contribution in [0.2, 0.25) is 0 Å². The second kappa shape index (κ2) is 8.08. The lowest BCUT2D eigenvalue weighted by Gasteiger charge is -2.34. The van der Waals surface area contributed by atoms with E-state index in [0.717, 1.165) is 0 Å². The van der Waals surface area contributed by atoms with E-state index in [9.17, 15) is 18.0 Å². The second-order valence-electron chi connectivity index (χ2n) is 6.61. The second-order valence-corrected chi connectivity index (χ2v) is 6.61. The van der Waals surface area contributed by atoms with Gasteiger partial charge in [0.15, 0.2) is 0 Å². The van der Waals surface area contributed by atoms with Crippen molar-refractivity contribution in [1.82, 2.24) is 15.1 Å². The van der Waals surface area contributed by atoms with Crippen molar-refractivity contribution >= 4 is 5.91 Å². The molecular formula is C18H22F3N3O3. The maximum absolute atomic E-state index is 13.0. The topological polar surface area (TPSA) is 54.0 Å². The molecule has 0 aliphatic carbocycles. The molecule has 0 aromatic heterocycles. The van der Waals surface area contributed by atoms with Gasteiger partial charge in [0.25, 0.3) is 5.91 Å². The molecule has 2 heterocycles. The van der Waals surface area contributed by atoms with E-state index in [-0.39, 0.29) is 24.2 Å². The minimum absolute atomic E-state index is 0.0351. The first-order valence-electron chi connectivity index (χ1n) is 8.71. The molecule has 0 unspecified atom stereocenters. The monoisotopic (exact) mass is 385 g/mol. The molecule has 1 aromatic rings. The maximum atomic E-state index is 13.0. The van der Waals surface area contributed by atoms with Crippen LogP contribution in [0.1, 0.15) is 18.4 Å². The Morgan fingerprint density at radius 3 is 2.74 bits per heavy atom. The quantitative estimate of drug-likeness (QED) is 0.844. The lowest BCUT2D eigenvalue weighted by Crippen LogP contribution is -2.45. The molecule has 148 valence electrons. The predicted molar refractivity (Wildman–Crippen MR) is 91.4 cm³/mol. The molecule has 0 spiro atoms. The number of carbonyl (C=O) groups excluding carboxylic acids is 1. The fourth-order valence-electron chi connectivity index (χ4n) is 3.21. The Bertz CT molecular complexity index is 703. The minimum Gasteiger partial charge on any atom is -0.406 e. The van der Waals surface area contributed by atoms with Crippen molar-refractivity contribution in [1.29, 1.82) is 0 Å². The van der Waals surface area contributed by atoms with Crippen molar-refractivity contribution in [2.24, 2.45) is 0 Å². The summed E-state index contributed by atoms with van der Waals surface area (Å²) in [6, 6.07) is 5.70. The van der Waals surface area contributed by atoms with Crippen LogP contribution < -0.4 is 10.1 Å². The molecule has 3 rings (SSSR count). The molecule has 9 heteroatoms. The highest BCUT2D eigenvalue weighted by molar-refractivity contribution is 5.93. The number of hydrogen-bond donors (Lipinski definition) is 1. The Morgan fingerprint density at radius 1 is 1.37 bits per heavy atom. The van der Waals surface area contributed by atoms with Crippen LogP contribution >= 0.6 is 0 Å². The van der Waals surface area contributed by atoms with Crippen molar-refractivity contribution in [3.63, 3.8) is 0 Å². The first-order chi connectivity index (χ1) is 12.8. The summed E-state index contributed by atoms with van der Waals surface area (Å²) in [4.78, 5) is 16.6. The number of amides is 1. The SMILES string of the molecule is CN1C=C(C(=O)N(Cc2cccc(OC(F)(F)F)c2)C2CCOCC2)NC1. The van der Waals surface area contributed by atoms with Crippen LogP contribution in [0.25, 0.3) is 0 Å². The zero-order valence-electron chi connectivity index (χ0n) is 15.0. The molecule has 1 aromatic carbocycles. The van der Waals surface area contributed by atoms with Gasteiger partial charge in [-0.3, -0.25) is 4.79 Å². The number of halogens is 3. The van der Waals surface area contributed by atoms with Gasteiger partial charge in [-0.15, -0.1) is 13.2 Å². The van der Waals surface area contributed by atoms with Crippen LogP contribution in [-0.4, -0.2) is 55.0 Å². The van der Waals surface area contributed by atoms with Crippen molar-refractivity contribution < 1.29 is 27.4 Å². The number of alkyl halides is 3. The van der Waals surface area contributed by atoms with E-state index < -0.39 is 6.36 Å². The molecule has 0 saturated carbocycles. The van der Waals surface area contributed by atoms with Gasteiger partial charge in [0.05, 0.1) is 6.67 Å². The number of hydrogen-bond acceptors (Lipinski definition) is 5. The molecule has 6 nitrogen and oxygen atoms in total. The van der Waals surface area contributed by atoms with Crippen LogP contribution in [0.5, 0.6) is 5.75 Å². The van der Waals surface area contributed by atoms with Crippen LogP contribution in [0.4, 0.5) is 13.2 Å². The van der Waals surface area contributed by atoms with E-state index in [1.807, 2.05) is 11.9 Å². The molecule has 0 radical (unpaired) electrons. The zero-order chi connectivity index (χ0) is 19.4. The molecular weight excluding hydrogens is 363 g/mol. The molecule has 0 bridgehead atoms. The van der Waals surface area contributed by atoms with E-state index in [0.29, 0.717) is 44.0 Å². The molecule has 2 aliphatic rings. The lowest BCUT2D eigenvalue weighted by molar-refractivity contribution is -0.274. The highest BCUT2D eigenvalue weighted by Gasteiger charge is 2.32. The van der Waals surface area contributed by atoms with Gasteiger partial charge >= 0.3 is 6.36 Å². The molecule has 1 N–H and O–H groups in total. The number of ether oxygens (including phenoxy) is 2. The van der Waals surface area contributed by atoms with Crippen molar-refractivity contribution in [2.75, 3.05) is 26.9 Å². The largest absolute Gasteiger partial charge is 0.573 e. The lowest BCUT2D eigenvalue weighted by atomic mass is 10.0. The minimum atomic E-state index is -4.75. The maximum Gasteiger partial charge on any atom is 0.573 e. The predicted octanol–water partition coefficient (Wildman–Crippen LogP) is 2.43. The van der Waals surface area contributed by atoms with E-state index >= 15 is 0 Å². The van der Waals surface area contributed by atoms with Gasteiger partial charge in [-0.05, 0) is 30.5 Å². The van der Waals surface area contributed by atoms with Crippen molar-refractivity contribution in [3.8, 4) is 5.75 Å². The van der Waals surface area contributed by atoms with E-state index in [4.69, 9.17) is 4.74 Å². The van der Waals surface area contributed by atoms with E-state index in [1.165, 1.54) is 18.2 Å². The summed E-state index contributed by atoms with van der Waals surface area (Å²) in [6.45, 7) is 1.84. The Labute approximate surface area is 155 Å². The zero-order valence-corrected chi connectivity index (χ0v) is 15.0. The summed E-state index contributed by atoms with van der Waals surface area (Å²) in [5.41, 5.74) is 1.05. The van der Waals surface area contributed by atoms with Crippen LogP contribution in [0.15, 0.2) is 36.2 Å². The highest BCUT2D eigenvalue weighted by Crippen LogP contribution is 2.25. The third-order valence-electron chi connectivity index (χ3n) is 4.48. The Balaban J connectivity index is 1.80. The first-order valence-corrected chi connectivity index (χ1v) is 8.71. The van der Waals surface area contributed by atoms with Gasteiger partial charge in [-0.2, -0.15) is 0 Å². The third kappa shape index (κ3) is 5.29. The Morgan fingerprint density at radius 2 is 2.11 bits per heavy atom. The summed E-state index contributed by atoms with van der Waals surface area (Å²) in [6.07, 6.45) is -1.64. The normalized spacial score (nSPS) is 18.1. The smallest absolute Gasteiger partial charge is 0.406 e.